The van der Waals surface area contributed by atoms with E-state index < -0.39 is 0 Å². The van der Waals surface area contributed by atoms with Gasteiger partial charge in [-0.1, -0.05) is 0 Å². The molecule has 0 saturated carbocycles. The zero-order chi connectivity index (χ0) is 21.1. The largest absolute Gasteiger partial charge is 0.497 e. The molecule has 30 heavy (non-hydrogen) atoms. The van der Waals surface area contributed by atoms with Crippen LogP contribution in [-0.2, 0) is 0 Å². The summed E-state index contributed by atoms with van der Waals surface area (Å²) in [6, 6.07) is 14.5. The molecule has 158 valence electrons. The van der Waals surface area contributed by atoms with Gasteiger partial charge in [0.15, 0.2) is 0 Å². The van der Waals surface area contributed by atoms with Crippen LogP contribution in [0.25, 0.3) is 0 Å². The monoisotopic (exact) mass is 426 g/mol. The second-order valence-electron chi connectivity index (χ2n) is 7.50. The molecule has 0 radical (unpaired) electrons. The van der Waals surface area contributed by atoms with Crippen molar-refractivity contribution in [2.45, 2.75) is 17.7 Å². The van der Waals surface area contributed by atoms with E-state index in [0.717, 1.165) is 36.6 Å². The number of thioether (sulfide) groups is 1. The Morgan fingerprint density at radius 2 is 1.30 bits per heavy atom. The van der Waals surface area contributed by atoms with Crippen LogP contribution in [0.4, 0.5) is 0 Å². The fraction of sp³-hybridized carbons (Fsp3) is 0.391. The lowest BCUT2D eigenvalue weighted by Crippen LogP contribution is -2.53. The van der Waals surface area contributed by atoms with Gasteiger partial charge in [0.05, 0.1) is 19.1 Å². The summed E-state index contributed by atoms with van der Waals surface area (Å²) in [5.41, 5.74) is 1.34. The van der Waals surface area contributed by atoms with Crippen LogP contribution in [0.15, 0.2) is 48.5 Å². The summed E-state index contributed by atoms with van der Waals surface area (Å²) in [5, 5.41) is 0. The van der Waals surface area contributed by atoms with E-state index in [2.05, 4.69) is 0 Å². The Labute approximate surface area is 181 Å². The number of piperidine rings is 1. The van der Waals surface area contributed by atoms with Crippen molar-refractivity contribution < 1.29 is 19.1 Å². The van der Waals surface area contributed by atoms with Gasteiger partial charge in [0.1, 0.15) is 11.5 Å². The lowest BCUT2D eigenvalue weighted by atomic mass is 10.00. The van der Waals surface area contributed by atoms with Gasteiger partial charge in [-0.2, -0.15) is 0 Å². The average molecular weight is 427 g/mol. The zero-order valence-electron chi connectivity index (χ0n) is 17.3. The van der Waals surface area contributed by atoms with E-state index in [1.54, 1.807) is 38.5 Å². The van der Waals surface area contributed by atoms with Crippen molar-refractivity contribution in [1.82, 2.24) is 9.80 Å². The summed E-state index contributed by atoms with van der Waals surface area (Å²) < 4.78 is 10.4. The van der Waals surface area contributed by atoms with Gasteiger partial charge >= 0.3 is 0 Å². The predicted molar refractivity (Wildman–Crippen MR) is 117 cm³/mol. The normalized spacial score (nSPS) is 17.8. The van der Waals surface area contributed by atoms with Crippen molar-refractivity contribution in [2.75, 3.05) is 39.6 Å². The summed E-state index contributed by atoms with van der Waals surface area (Å²) in [4.78, 5) is 29.8. The molecule has 2 aliphatic rings. The molecule has 0 aliphatic carbocycles. The van der Waals surface area contributed by atoms with Crippen LogP contribution in [0.2, 0.25) is 0 Å². The number of benzene rings is 2. The third kappa shape index (κ3) is 3.86. The van der Waals surface area contributed by atoms with Crippen molar-refractivity contribution in [3.8, 4) is 11.5 Å². The first-order chi connectivity index (χ1) is 14.6. The fourth-order valence-corrected chi connectivity index (χ4v) is 5.63. The van der Waals surface area contributed by atoms with E-state index in [-0.39, 0.29) is 16.7 Å². The van der Waals surface area contributed by atoms with Crippen LogP contribution in [-0.4, -0.2) is 66.1 Å². The smallest absolute Gasteiger partial charge is 0.255 e. The van der Waals surface area contributed by atoms with Gasteiger partial charge in [-0.15, -0.1) is 11.8 Å². The topological polar surface area (TPSA) is 59.1 Å². The molecule has 6 nitrogen and oxygen atoms in total. The minimum Gasteiger partial charge on any atom is -0.497 e. The summed E-state index contributed by atoms with van der Waals surface area (Å²) >= 11 is 1.84. The molecule has 0 N–H and O–H groups in total. The Bertz CT molecular complexity index is 906. The van der Waals surface area contributed by atoms with Crippen LogP contribution < -0.4 is 9.47 Å². The zero-order valence-corrected chi connectivity index (χ0v) is 18.1. The number of likely N-dealkylation sites (tertiary alicyclic amines) is 1. The van der Waals surface area contributed by atoms with E-state index in [4.69, 9.17) is 9.47 Å². The summed E-state index contributed by atoms with van der Waals surface area (Å²) in [7, 11) is 3.23. The second-order valence-corrected chi connectivity index (χ2v) is 8.96. The van der Waals surface area contributed by atoms with Crippen LogP contribution >= 0.6 is 11.8 Å². The highest BCUT2D eigenvalue weighted by Gasteiger charge is 2.47. The highest BCUT2D eigenvalue weighted by atomic mass is 32.2. The first-order valence-corrected chi connectivity index (χ1v) is 11.1. The van der Waals surface area contributed by atoms with Gasteiger partial charge < -0.3 is 19.3 Å². The molecule has 2 fully saturated rings. The van der Waals surface area contributed by atoms with E-state index in [1.807, 2.05) is 45.8 Å². The summed E-state index contributed by atoms with van der Waals surface area (Å²) in [6.07, 6.45) is 1.56. The number of carbonyl (C=O) groups excluding carboxylic acids is 2. The second kappa shape index (κ2) is 8.60. The molecule has 2 heterocycles. The number of rotatable bonds is 4. The lowest BCUT2D eigenvalue weighted by Gasteiger charge is -2.44. The van der Waals surface area contributed by atoms with Crippen LogP contribution in [0.3, 0.4) is 0 Å². The molecule has 0 aromatic heterocycles. The maximum atomic E-state index is 13.2. The summed E-state index contributed by atoms with van der Waals surface area (Å²) in [5.74, 6) is 2.48. The van der Waals surface area contributed by atoms with E-state index in [1.165, 1.54) is 0 Å². The molecule has 4 rings (SSSR count). The molecule has 2 aliphatic heterocycles. The van der Waals surface area contributed by atoms with E-state index >= 15 is 0 Å². The van der Waals surface area contributed by atoms with E-state index in [9.17, 15) is 9.59 Å². The number of ether oxygens (including phenoxy) is 2. The molecule has 0 unspecified atom stereocenters. The number of amides is 2. The molecule has 7 heteroatoms. The van der Waals surface area contributed by atoms with Gasteiger partial charge in [-0.05, 0) is 61.4 Å². The van der Waals surface area contributed by atoms with Crippen molar-refractivity contribution in [3.05, 3.63) is 59.7 Å². The molecule has 2 saturated heterocycles. The minimum absolute atomic E-state index is 0.0310. The third-order valence-electron chi connectivity index (χ3n) is 5.93. The van der Waals surface area contributed by atoms with Gasteiger partial charge in [0.25, 0.3) is 11.8 Å². The average Bonchev–Trinajstić information content (AvgIpc) is 3.21. The van der Waals surface area contributed by atoms with Crippen molar-refractivity contribution in [3.63, 3.8) is 0 Å². The number of hydrogen-bond donors (Lipinski definition) is 0. The van der Waals surface area contributed by atoms with Gasteiger partial charge in [-0.25, -0.2) is 0 Å². The minimum atomic E-state index is -0.228. The molecule has 2 aromatic carbocycles. The predicted octanol–water partition coefficient (Wildman–Crippen LogP) is 3.53. The van der Waals surface area contributed by atoms with Gasteiger partial charge in [0.2, 0.25) is 0 Å². The Morgan fingerprint density at radius 1 is 0.800 bits per heavy atom. The molecule has 0 bridgehead atoms. The van der Waals surface area contributed by atoms with Crippen molar-refractivity contribution >= 4 is 23.6 Å². The maximum absolute atomic E-state index is 13.2. The van der Waals surface area contributed by atoms with Crippen molar-refractivity contribution in [1.29, 1.82) is 0 Å². The first-order valence-electron chi connectivity index (χ1n) is 10.1. The standard InChI is InChI=1S/C23H26N2O4S/c1-28-19-7-3-17(4-8-19)21(26)24-13-11-23(12-14-24)25(15-16-30-23)22(27)18-5-9-20(29-2)10-6-18/h3-10H,11-16H2,1-2H3. The number of hydrogen-bond acceptors (Lipinski definition) is 5. The Kier molecular flexibility index (Phi) is 5.90. The highest BCUT2D eigenvalue weighted by molar-refractivity contribution is 8.00. The fourth-order valence-electron chi connectivity index (χ4n) is 4.17. The molecule has 1 spiro atoms. The Hall–Kier alpha value is -2.67. The molecule has 2 aromatic rings. The Balaban J connectivity index is 1.44. The van der Waals surface area contributed by atoms with Crippen LogP contribution in [0, 0.1) is 0 Å². The van der Waals surface area contributed by atoms with E-state index in [0.29, 0.717) is 24.2 Å². The molecular weight excluding hydrogens is 400 g/mol. The number of nitrogens with zero attached hydrogens (tertiary/aromatic N) is 2. The van der Waals surface area contributed by atoms with Crippen molar-refractivity contribution in [2.24, 2.45) is 0 Å². The number of carbonyl (C=O) groups is 2. The molecule has 2 amide bonds. The van der Waals surface area contributed by atoms with Crippen LogP contribution in [0.1, 0.15) is 33.6 Å². The highest BCUT2D eigenvalue weighted by Crippen LogP contribution is 2.44. The maximum Gasteiger partial charge on any atom is 0.255 e. The Morgan fingerprint density at radius 3 is 1.80 bits per heavy atom. The molecule has 0 atom stereocenters. The summed E-state index contributed by atoms with van der Waals surface area (Å²) in [6.45, 7) is 2.02. The van der Waals surface area contributed by atoms with Crippen LogP contribution in [0.5, 0.6) is 11.5 Å². The number of methoxy groups -OCH3 is 2. The first kappa shape index (κ1) is 20.6. The lowest BCUT2D eigenvalue weighted by molar-refractivity contribution is 0.0498. The van der Waals surface area contributed by atoms with Gasteiger partial charge in [-0.3, -0.25) is 9.59 Å². The third-order valence-corrected chi connectivity index (χ3v) is 7.48. The molecular formula is C23H26N2O4S. The SMILES string of the molecule is COc1ccc(C(=O)N2CCC3(CC2)SCCN3C(=O)c2ccc(OC)cc2)cc1. The van der Waals surface area contributed by atoms with Gasteiger partial charge in [0, 0.05) is 36.5 Å². The quantitative estimate of drug-likeness (QED) is 0.749.